The average molecular weight is 378 g/mol. The van der Waals surface area contributed by atoms with Crippen LogP contribution >= 0.6 is 12.2 Å². The number of morpholine rings is 1. The van der Waals surface area contributed by atoms with Gasteiger partial charge in [-0.1, -0.05) is 0 Å². The molecule has 0 radical (unpaired) electrons. The Kier molecular flexibility index (Phi) is 5.44. The molecular weight excluding hydrogens is 355 g/mol. The number of aromatic nitrogens is 3. The number of rotatable bonds is 5. The molecule has 1 unspecified atom stereocenters. The molecule has 0 amide bonds. The molecule has 1 atom stereocenters. The van der Waals surface area contributed by atoms with Crippen molar-refractivity contribution in [1.82, 2.24) is 19.2 Å². The Bertz CT molecular complexity index is 793. The summed E-state index contributed by atoms with van der Waals surface area (Å²) in [5.41, 5.74) is 0.858. The maximum atomic E-state index is 13.3. The summed E-state index contributed by atoms with van der Waals surface area (Å²) in [6.45, 7) is 5.30. The number of benzene rings is 1. The van der Waals surface area contributed by atoms with Crippen molar-refractivity contribution >= 4 is 12.2 Å². The standard InChI is InChI=1S/C18H23FN4O2S/c19-15-5-3-14(4-6-15)17-20-23(13-21-7-10-24-11-8-21)18(26)22(17)12-16-2-1-9-25-16/h3-6,16H,1-2,7-13H2. The lowest BCUT2D eigenvalue weighted by molar-refractivity contribution is 0.0209. The third-order valence-electron chi connectivity index (χ3n) is 4.87. The molecule has 2 saturated heterocycles. The summed E-state index contributed by atoms with van der Waals surface area (Å²) in [4.78, 5) is 2.27. The van der Waals surface area contributed by atoms with Crippen LogP contribution in [-0.4, -0.2) is 58.3 Å². The van der Waals surface area contributed by atoms with Crippen LogP contribution in [0.25, 0.3) is 11.4 Å². The first kappa shape index (κ1) is 17.8. The van der Waals surface area contributed by atoms with Gasteiger partial charge in [0.2, 0.25) is 0 Å². The van der Waals surface area contributed by atoms with E-state index in [1.54, 1.807) is 12.1 Å². The van der Waals surface area contributed by atoms with Gasteiger partial charge in [0, 0.05) is 25.3 Å². The van der Waals surface area contributed by atoms with Crippen molar-refractivity contribution in [3.63, 3.8) is 0 Å². The van der Waals surface area contributed by atoms with Crippen LogP contribution in [0.15, 0.2) is 24.3 Å². The highest BCUT2D eigenvalue weighted by molar-refractivity contribution is 7.71. The summed E-state index contributed by atoms with van der Waals surface area (Å²) in [6, 6.07) is 6.40. The van der Waals surface area contributed by atoms with Crippen molar-refractivity contribution in [3.05, 3.63) is 34.9 Å². The minimum atomic E-state index is -0.259. The monoisotopic (exact) mass is 378 g/mol. The lowest BCUT2D eigenvalue weighted by Gasteiger charge is -2.26. The summed E-state index contributed by atoms with van der Waals surface area (Å²) in [5.74, 6) is 0.504. The van der Waals surface area contributed by atoms with E-state index < -0.39 is 0 Å². The van der Waals surface area contributed by atoms with E-state index in [0.717, 1.165) is 57.1 Å². The van der Waals surface area contributed by atoms with Crippen molar-refractivity contribution in [1.29, 1.82) is 0 Å². The molecule has 6 nitrogen and oxygen atoms in total. The minimum Gasteiger partial charge on any atom is -0.379 e. The summed E-state index contributed by atoms with van der Waals surface area (Å²) < 4.78 is 29.1. The summed E-state index contributed by atoms with van der Waals surface area (Å²) >= 11 is 5.72. The molecule has 0 spiro atoms. The highest BCUT2D eigenvalue weighted by Gasteiger charge is 2.22. The van der Waals surface area contributed by atoms with E-state index in [1.165, 1.54) is 12.1 Å². The first-order valence-corrected chi connectivity index (χ1v) is 9.47. The van der Waals surface area contributed by atoms with Gasteiger partial charge in [0.1, 0.15) is 5.82 Å². The van der Waals surface area contributed by atoms with Crippen LogP contribution in [0.2, 0.25) is 0 Å². The predicted molar refractivity (Wildman–Crippen MR) is 97.8 cm³/mol. The average Bonchev–Trinajstić information content (AvgIpc) is 3.27. The Morgan fingerprint density at radius 1 is 1.15 bits per heavy atom. The molecule has 2 aromatic rings. The van der Waals surface area contributed by atoms with Crippen LogP contribution in [0, 0.1) is 10.6 Å². The van der Waals surface area contributed by atoms with Crippen LogP contribution < -0.4 is 0 Å². The van der Waals surface area contributed by atoms with Gasteiger partial charge in [-0.15, -0.1) is 0 Å². The summed E-state index contributed by atoms with van der Waals surface area (Å²) in [6.07, 6.45) is 2.26. The van der Waals surface area contributed by atoms with Crippen LogP contribution in [0.4, 0.5) is 4.39 Å². The smallest absolute Gasteiger partial charge is 0.199 e. The van der Waals surface area contributed by atoms with Crippen LogP contribution in [-0.2, 0) is 22.7 Å². The Labute approximate surface area is 157 Å². The molecule has 8 heteroatoms. The van der Waals surface area contributed by atoms with Crippen LogP contribution in [0.5, 0.6) is 0 Å². The van der Waals surface area contributed by atoms with E-state index in [4.69, 9.17) is 26.8 Å². The van der Waals surface area contributed by atoms with Gasteiger partial charge in [0.25, 0.3) is 0 Å². The number of nitrogens with zero attached hydrogens (tertiary/aromatic N) is 4. The van der Waals surface area contributed by atoms with Crippen molar-refractivity contribution in [2.45, 2.75) is 32.2 Å². The molecule has 1 aromatic carbocycles. The molecule has 0 bridgehead atoms. The van der Waals surface area contributed by atoms with Crippen LogP contribution in [0.1, 0.15) is 12.8 Å². The molecule has 0 aliphatic carbocycles. The molecule has 0 saturated carbocycles. The SMILES string of the molecule is Fc1ccc(-c2nn(CN3CCOCC3)c(=S)n2CC2CCCO2)cc1. The number of halogens is 1. The van der Waals surface area contributed by atoms with Crippen molar-refractivity contribution < 1.29 is 13.9 Å². The lowest BCUT2D eigenvalue weighted by atomic mass is 10.2. The first-order chi connectivity index (χ1) is 12.7. The Morgan fingerprint density at radius 2 is 1.92 bits per heavy atom. The summed E-state index contributed by atoms with van der Waals surface area (Å²) in [7, 11) is 0. The van der Waals surface area contributed by atoms with E-state index in [-0.39, 0.29) is 11.9 Å². The minimum absolute atomic E-state index is 0.155. The second kappa shape index (κ2) is 7.96. The fourth-order valence-electron chi connectivity index (χ4n) is 3.43. The molecule has 26 heavy (non-hydrogen) atoms. The molecule has 2 fully saturated rings. The molecular formula is C18H23FN4O2S. The van der Waals surface area contributed by atoms with Gasteiger partial charge in [0.15, 0.2) is 10.6 Å². The molecule has 4 rings (SSSR count). The molecule has 3 heterocycles. The quantitative estimate of drug-likeness (QED) is 0.749. The zero-order valence-electron chi connectivity index (χ0n) is 14.6. The first-order valence-electron chi connectivity index (χ1n) is 9.06. The van der Waals surface area contributed by atoms with Gasteiger partial charge in [-0.25, -0.2) is 9.07 Å². The van der Waals surface area contributed by atoms with E-state index in [9.17, 15) is 4.39 Å². The van der Waals surface area contributed by atoms with E-state index in [0.29, 0.717) is 18.0 Å². The fraction of sp³-hybridized carbons (Fsp3) is 0.556. The van der Waals surface area contributed by atoms with Gasteiger partial charge in [-0.3, -0.25) is 9.47 Å². The third kappa shape index (κ3) is 3.88. The molecule has 1 aromatic heterocycles. The Morgan fingerprint density at radius 3 is 2.62 bits per heavy atom. The lowest BCUT2D eigenvalue weighted by Crippen LogP contribution is -2.37. The van der Waals surface area contributed by atoms with Crippen molar-refractivity contribution in [3.8, 4) is 11.4 Å². The highest BCUT2D eigenvalue weighted by Crippen LogP contribution is 2.22. The van der Waals surface area contributed by atoms with E-state index in [2.05, 4.69) is 4.90 Å². The van der Waals surface area contributed by atoms with Crippen molar-refractivity contribution in [2.24, 2.45) is 0 Å². The van der Waals surface area contributed by atoms with Gasteiger partial charge in [0.05, 0.1) is 32.5 Å². The molecule has 2 aliphatic heterocycles. The predicted octanol–water partition coefficient (Wildman–Crippen LogP) is 2.69. The maximum absolute atomic E-state index is 13.3. The zero-order valence-corrected chi connectivity index (χ0v) is 15.5. The number of hydrogen-bond acceptors (Lipinski definition) is 5. The van der Waals surface area contributed by atoms with E-state index in [1.807, 2.05) is 9.25 Å². The van der Waals surface area contributed by atoms with Crippen LogP contribution in [0.3, 0.4) is 0 Å². The van der Waals surface area contributed by atoms with Gasteiger partial charge >= 0.3 is 0 Å². The second-order valence-electron chi connectivity index (χ2n) is 6.73. The topological polar surface area (TPSA) is 44.5 Å². The number of ether oxygens (including phenoxy) is 2. The fourth-order valence-corrected chi connectivity index (χ4v) is 3.69. The van der Waals surface area contributed by atoms with Gasteiger partial charge in [-0.2, -0.15) is 5.10 Å². The van der Waals surface area contributed by atoms with Crippen molar-refractivity contribution in [2.75, 3.05) is 32.9 Å². The van der Waals surface area contributed by atoms with Gasteiger partial charge in [-0.05, 0) is 49.3 Å². The van der Waals surface area contributed by atoms with E-state index >= 15 is 0 Å². The third-order valence-corrected chi connectivity index (χ3v) is 5.30. The molecule has 140 valence electrons. The largest absolute Gasteiger partial charge is 0.379 e. The zero-order chi connectivity index (χ0) is 17.9. The molecule has 2 aliphatic rings. The Hall–Kier alpha value is -1.61. The maximum Gasteiger partial charge on any atom is 0.199 e. The van der Waals surface area contributed by atoms with Gasteiger partial charge < -0.3 is 9.47 Å². The molecule has 0 N–H and O–H groups in total. The Balaban J connectivity index is 1.66. The number of hydrogen-bond donors (Lipinski definition) is 0. The highest BCUT2D eigenvalue weighted by atomic mass is 32.1. The second-order valence-corrected chi connectivity index (χ2v) is 7.10. The normalized spacial score (nSPS) is 21.3. The summed E-state index contributed by atoms with van der Waals surface area (Å²) in [5, 5.41) is 4.76.